The van der Waals surface area contributed by atoms with E-state index in [9.17, 15) is 9.59 Å². The Morgan fingerprint density at radius 3 is 2.71 bits per heavy atom. The molecule has 1 saturated carbocycles. The van der Waals surface area contributed by atoms with E-state index in [0.717, 1.165) is 43.0 Å². The van der Waals surface area contributed by atoms with Crippen LogP contribution in [0.4, 0.5) is 4.79 Å². The number of carbonyl (C=O) groups excluding carboxylic acids is 1. The van der Waals surface area contributed by atoms with Gasteiger partial charge in [0.05, 0.1) is 12.1 Å². The number of nitrogens with zero attached hydrogens (tertiary/aromatic N) is 3. The molecule has 2 aliphatic rings. The fourth-order valence-corrected chi connectivity index (χ4v) is 5.21. The molecule has 0 bridgehead atoms. The molecule has 3 heterocycles. The number of piperazine rings is 1. The number of aromatic amines is 2. The molecule has 5 rings (SSSR count). The maximum Gasteiger partial charge on any atom is 0.325 e. The van der Waals surface area contributed by atoms with Crippen molar-refractivity contribution in [2.45, 2.75) is 38.5 Å². The van der Waals surface area contributed by atoms with Gasteiger partial charge in [-0.05, 0) is 37.3 Å². The number of para-hydroxylation sites is 1. The average Bonchev–Trinajstić information content (AvgIpc) is 3.24. The number of hydrogen-bond donors (Lipinski definition) is 3. The molecule has 9 nitrogen and oxygen atoms in total. The third-order valence-electron chi connectivity index (χ3n) is 7.06. The van der Waals surface area contributed by atoms with E-state index in [4.69, 9.17) is 4.74 Å². The fourth-order valence-electron chi connectivity index (χ4n) is 5.21. The van der Waals surface area contributed by atoms with Crippen LogP contribution in [-0.4, -0.2) is 76.7 Å². The van der Waals surface area contributed by atoms with Gasteiger partial charge in [0.25, 0.3) is 0 Å². The topological polar surface area (TPSA) is 106 Å². The van der Waals surface area contributed by atoms with Crippen molar-refractivity contribution in [1.29, 1.82) is 0 Å². The average molecular weight is 467 g/mol. The summed E-state index contributed by atoms with van der Waals surface area (Å²) >= 11 is 0. The molecule has 9 heteroatoms. The van der Waals surface area contributed by atoms with Crippen LogP contribution in [0.3, 0.4) is 0 Å². The Kier molecular flexibility index (Phi) is 6.99. The molecular formula is C25H34N6O3. The summed E-state index contributed by atoms with van der Waals surface area (Å²) in [5.41, 5.74) is 1.50. The lowest BCUT2D eigenvalue weighted by Crippen LogP contribution is -2.52. The molecule has 182 valence electrons. The van der Waals surface area contributed by atoms with Gasteiger partial charge in [-0.1, -0.05) is 31.4 Å². The Morgan fingerprint density at radius 1 is 1.09 bits per heavy atom. The van der Waals surface area contributed by atoms with Crippen LogP contribution < -0.4 is 15.7 Å². The standard InChI is InChI=1S/C25H34N6O3/c32-24-28-21-22(19-9-4-5-10-20(19)27-23(21)29-24)34-16-6-11-26-25(33)31-14-12-30(13-15-31)17-18-7-2-1-3-8-18/h4-5,9-10,18H,1-3,6-8,11-17H2,(H,26,33)(H2,27,28,29,32). The third-order valence-corrected chi connectivity index (χ3v) is 7.06. The van der Waals surface area contributed by atoms with Crippen LogP contribution in [0, 0.1) is 5.92 Å². The van der Waals surface area contributed by atoms with Gasteiger partial charge in [-0.2, -0.15) is 0 Å². The van der Waals surface area contributed by atoms with Crippen molar-refractivity contribution in [3.63, 3.8) is 0 Å². The molecule has 2 aromatic heterocycles. The molecule has 3 N–H and O–H groups in total. The predicted molar refractivity (Wildman–Crippen MR) is 132 cm³/mol. The zero-order valence-electron chi connectivity index (χ0n) is 19.6. The summed E-state index contributed by atoms with van der Waals surface area (Å²) in [6.07, 6.45) is 7.54. The number of amides is 2. The van der Waals surface area contributed by atoms with Crippen LogP contribution in [0.2, 0.25) is 0 Å². The summed E-state index contributed by atoms with van der Waals surface area (Å²) in [5, 5.41) is 3.87. The number of ether oxygens (including phenoxy) is 1. The van der Waals surface area contributed by atoms with Crippen molar-refractivity contribution in [2.24, 2.45) is 5.92 Å². The van der Waals surface area contributed by atoms with Gasteiger partial charge in [0, 0.05) is 44.7 Å². The summed E-state index contributed by atoms with van der Waals surface area (Å²) in [5.74, 6) is 1.45. The van der Waals surface area contributed by atoms with Crippen molar-refractivity contribution in [3.8, 4) is 5.75 Å². The number of pyridine rings is 1. The first-order valence-corrected chi connectivity index (χ1v) is 12.6. The summed E-state index contributed by atoms with van der Waals surface area (Å²) in [6, 6.07) is 7.65. The van der Waals surface area contributed by atoms with Crippen LogP contribution in [-0.2, 0) is 0 Å². The summed E-state index contributed by atoms with van der Waals surface area (Å²) in [7, 11) is 0. The molecule has 1 aliphatic heterocycles. The van der Waals surface area contributed by atoms with Gasteiger partial charge >= 0.3 is 11.7 Å². The zero-order valence-corrected chi connectivity index (χ0v) is 19.6. The van der Waals surface area contributed by atoms with Crippen molar-refractivity contribution in [2.75, 3.05) is 45.9 Å². The molecule has 0 unspecified atom stereocenters. The van der Waals surface area contributed by atoms with E-state index >= 15 is 0 Å². The summed E-state index contributed by atoms with van der Waals surface area (Å²) in [6.45, 7) is 5.66. The minimum atomic E-state index is -0.311. The Balaban J connectivity index is 1.07. The number of nitrogens with one attached hydrogen (secondary N) is 3. The van der Waals surface area contributed by atoms with E-state index in [-0.39, 0.29) is 11.7 Å². The molecule has 3 aromatic rings. The fraction of sp³-hybridized carbons (Fsp3) is 0.560. The lowest BCUT2D eigenvalue weighted by Gasteiger charge is -2.37. The van der Waals surface area contributed by atoms with Crippen LogP contribution in [0.15, 0.2) is 29.1 Å². The number of urea groups is 1. The van der Waals surface area contributed by atoms with Gasteiger partial charge in [-0.3, -0.25) is 9.88 Å². The van der Waals surface area contributed by atoms with Crippen LogP contribution >= 0.6 is 0 Å². The van der Waals surface area contributed by atoms with Gasteiger partial charge in [0.15, 0.2) is 11.4 Å². The highest BCUT2D eigenvalue weighted by molar-refractivity contribution is 5.97. The van der Waals surface area contributed by atoms with E-state index in [1.807, 2.05) is 29.2 Å². The van der Waals surface area contributed by atoms with Gasteiger partial charge in [0.2, 0.25) is 0 Å². The maximum atomic E-state index is 12.6. The summed E-state index contributed by atoms with van der Waals surface area (Å²) in [4.78, 5) is 38.8. The highest BCUT2D eigenvalue weighted by Crippen LogP contribution is 2.30. The number of imidazole rings is 1. The predicted octanol–water partition coefficient (Wildman–Crippen LogP) is 3.08. The van der Waals surface area contributed by atoms with Gasteiger partial charge in [0.1, 0.15) is 5.52 Å². The maximum absolute atomic E-state index is 12.6. The highest BCUT2D eigenvalue weighted by Gasteiger charge is 2.23. The van der Waals surface area contributed by atoms with Gasteiger partial charge in [-0.25, -0.2) is 14.6 Å². The minimum Gasteiger partial charge on any atom is -0.490 e. The number of carbonyl (C=O) groups is 1. The number of H-pyrrole nitrogens is 2. The van der Waals surface area contributed by atoms with Crippen LogP contribution in [0.5, 0.6) is 5.75 Å². The van der Waals surface area contributed by atoms with E-state index < -0.39 is 0 Å². The van der Waals surface area contributed by atoms with Crippen LogP contribution in [0.25, 0.3) is 22.1 Å². The molecule has 1 aliphatic carbocycles. The molecular weight excluding hydrogens is 432 g/mol. The van der Waals surface area contributed by atoms with Crippen molar-refractivity contribution >= 4 is 28.1 Å². The lowest BCUT2D eigenvalue weighted by atomic mass is 9.89. The van der Waals surface area contributed by atoms with E-state index in [1.54, 1.807) is 0 Å². The normalized spacial score (nSPS) is 17.9. The van der Waals surface area contributed by atoms with E-state index in [2.05, 4.69) is 25.2 Å². The second-order valence-corrected chi connectivity index (χ2v) is 9.49. The Morgan fingerprint density at radius 2 is 1.88 bits per heavy atom. The molecule has 0 spiro atoms. The summed E-state index contributed by atoms with van der Waals surface area (Å²) < 4.78 is 6.06. The first-order valence-electron chi connectivity index (χ1n) is 12.6. The minimum absolute atomic E-state index is 0.00373. The number of rotatable bonds is 7. The Hall–Kier alpha value is -3.07. The molecule has 0 radical (unpaired) electrons. The van der Waals surface area contributed by atoms with Gasteiger partial charge in [-0.15, -0.1) is 0 Å². The largest absolute Gasteiger partial charge is 0.490 e. The number of fused-ring (bicyclic) bond motifs is 2. The monoisotopic (exact) mass is 466 g/mol. The third kappa shape index (κ3) is 5.19. The van der Waals surface area contributed by atoms with Crippen LogP contribution in [0.1, 0.15) is 38.5 Å². The first kappa shape index (κ1) is 22.7. The zero-order chi connectivity index (χ0) is 23.3. The molecule has 34 heavy (non-hydrogen) atoms. The van der Waals surface area contributed by atoms with Gasteiger partial charge < -0.3 is 19.9 Å². The van der Waals surface area contributed by atoms with Crippen molar-refractivity contribution in [1.82, 2.24) is 30.1 Å². The number of benzene rings is 1. The Labute approximate surface area is 198 Å². The first-order chi connectivity index (χ1) is 16.7. The molecule has 0 atom stereocenters. The van der Waals surface area contributed by atoms with Crippen molar-refractivity contribution < 1.29 is 9.53 Å². The van der Waals surface area contributed by atoms with E-state index in [0.29, 0.717) is 36.5 Å². The SMILES string of the molecule is O=C(NCCCOc1c2ccccc2nc2[nH]c(=O)[nH]c12)N1CCN(CC2CCCCC2)CC1. The second-order valence-electron chi connectivity index (χ2n) is 9.49. The highest BCUT2D eigenvalue weighted by atomic mass is 16.5. The molecule has 1 aromatic carbocycles. The number of aromatic nitrogens is 3. The molecule has 1 saturated heterocycles. The lowest BCUT2D eigenvalue weighted by molar-refractivity contribution is 0.119. The van der Waals surface area contributed by atoms with Crippen molar-refractivity contribution in [3.05, 3.63) is 34.7 Å². The van der Waals surface area contributed by atoms with E-state index in [1.165, 1.54) is 38.6 Å². The second kappa shape index (κ2) is 10.5. The molecule has 2 fully saturated rings. The quantitative estimate of drug-likeness (QED) is 0.464. The smallest absolute Gasteiger partial charge is 0.325 e. The number of hydrogen-bond acceptors (Lipinski definition) is 5. The Bertz CT molecular complexity index is 1170. The molecule has 2 amide bonds.